The molecule has 8 heteroatoms. The van der Waals surface area contributed by atoms with E-state index in [2.05, 4.69) is 19.2 Å². The van der Waals surface area contributed by atoms with Crippen LogP contribution in [0.1, 0.15) is 25.8 Å². The molecule has 158 valence electrons. The zero-order chi connectivity index (χ0) is 21.4. The van der Waals surface area contributed by atoms with E-state index in [1.807, 2.05) is 12.1 Å². The second-order valence-corrected chi connectivity index (χ2v) is 8.77. The van der Waals surface area contributed by atoms with Gasteiger partial charge in [0.25, 0.3) is 0 Å². The second kappa shape index (κ2) is 10.2. The van der Waals surface area contributed by atoms with E-state index in [1.165, 1.54) is 0 Å². The predicted octanol–water partition coefficient (Wildman–Crippen LogP) is 4.11. The summed E-state index contributed by atoms with van der Waals surface area (Å²) in [5.41, 5.74) is 1.52. The average molecular weight is 421 g/mol. The fourth-order valence-corrected chi connectivity index (χ4v) is 3.08. The Morgan fingerprint density at radius 2 is 1.79 bits per heavy atom. The van der Waals surface area contributed by atoms with Crippen LogP contribution in [0.4, 0.5) is 10.5 Å². The number of methoxy groups -OCH3 is 1. The average Bonchev–Trinajstić information content (AvgIpc) is 2.65. The molecule has 0 aliphatic heterocycles. The summed E-state index contributed by atoms with van der Waals surface area (Å²) in [5, 5.41) is 2.91. The van der Waals surface area contributed by atoms with Gasteiger partial charge in [-0.15, -0.1) is 0 Å². The van der Waals surface area contributed by atoms with Gasteiger partial charge in [0, 0.05) is 24.8 Å². The molecule has 0 saturated heterocycles. The highest BCUT2D eigenvalue weighted by Gasteiger charge is 2.15. The first-order valence-electron chi connectivity index (χ1n) is 9.34. The van der Waals surface area contributed by atoms with Crippen LogP contribution in [0.2, 0.25) is 0 Å². The van der Waals surface area contributed by atoms with Gasteiger partial charge in [0.1, 0.15) is 11.5 Å². The van der Waals surface area contributed by atoms with Crippen molar-refractivity contribution in [2.24, 2.45) is 5.92 Å². The summed E-state index contributed by atoms with van der Waals surface area (Å²) in [5.74, 6) is 1.36. The van der Waals surface area contributed by atoms with Crippen molar-refractivity contribution in [3.8, 4) is 11.5 Å². The van der Waals surface area contributed by atoms with Gasteiger partial charge in [0.2, 0.25) is 0 Å². The number of nitrogens with one attached hydrogen (secondary N) is 1. The molecule has 7 nitrogen and oxygen atoms in total. The van der Waals surface area contributed by atoms with Gasteiger partial charge >= 0.3 is 16.1 Å². The van der Waals surface area contributed by atoms with Gasteiger partial charge in [-0.05, 0) is 42.2 Å². The van der Waals surface area contributed by atoms with Crippen molar-refractivity contribution in [2.75, 3.05) is 25.2 Å². The SMILES string of the molecule is COc1cccc(NC(=O)N(CCC(C)C)Cc2ccc(OS(C)(=O)=O)cc2)c1. The number of hydrogen-bond acceptors (Lipinski definition) is 5. The van der Waals surface area contributed by atoms with Crippen LogP contribution in [0.25, 0.3) is 0 Å². The van der Waals surface area contributed by atoms with Crippen LogP contribution in [0.15, 0.2) is 48.5 Å². The Labute approximate surface area is 172 Å². The minimum absolute atomic E-state index is 0.213. The maximum Gasteiger partial charge on any atom is 0.322 e. The van der Waals surface area contributed by atoms with E-state index >= 15 is 0 Å². The number of nitrogens with zero attached hydrogens (tertiary/aromatic N) is 1. The van der Waals surface area contributed by atoms with Crippen molar-refractivity contribution in [2.45, 2.75) is 26.8 Å². The topological polar surface area (TPSA) is 84.9 Å². The third-order valence-corrected chi connectivity index (χ3v) is 4.62. The zero-order valence-corrected chi connectivity index (χ0v) is 18.0. The van der Waals surface area contributed by atoms with Crippen LogP contribution in [-0.4, -0.2) is 39.3 Å². The lowest BCUT2D eigenvalue weighted by molar-refractivity contribution is 0.205. The van der Waals surface area contributed by atoms with E-state index in [1.54, 1.807) is 48.4 Å². The summed E-state index contributed by atoms with van der Waals surface area (Å²) < 4.78 is 32.5. The van der Waals surface area contributed by atoms with Gasteiger partial charge in [-0.3, -0.25) is 0 Å². The number of anilines is 1. The molecule has 0 aliphatic carbocycles. The van der Waals surface area contributed by atoms with Crippen molar-refractivity contribution in [1.82, 2.24) is 4.90 Å². The van der Waals surface area contributed by atoms with Gasteiger partial charge in [-0.25, -0.2) is 4.79 Å². The highest BCUT2D eigenvalue weighted by Crippen LogP contribution is 2.19. The first-order chi connectivity index (χ1) is 13.7. The molecule has 0 radical (unpaired) electrons. The molecule has 1 N–H and O–H groups in total. The van der Waals surface area contributed by atoms with Gasteiger partial charge in [0.15, 0.2) is 0 Å². The molecule has 2 amide bonds. The Hall–Kier alpha value is -2.74. The number of carbonyl (C=O) groups is 1. The fraction of sp³-hybridized carbons (Fsp3) is 0.381. The van der Waals surface area contributed by atoms with Gasteiger partial charge in [-0.2, -0.15) is 8.42 Å². The van der Waals surface area contributed by atoms with Gasteiger partial charge in [0.05, 0.1) is 13.4 Å². The third kappa shape index (κ3) is 8.03. The quantitative estimate of drug-likeness (QED) is 0.617. The van der Waals surface area contributed by atoms with Crippen molar-refractivity contribution in [1.29, 1.82) is 0 Å². The predicted molar refractivity (Wildman–Crippen MR) is 114 cm³/mol. The number of amides is 2. The first-order valence-corrected chi connectivity index (χ1v) is 11.2. The number of ether oxygens (including phenoxy) is 1. The smallest absolute Gasteiger partial charge is 0.322 e. The Morgan fingerprint density at radius 1 is 1.10 bits per heavy atom. The number of carbonyl (C=O) groups excluding carboxylic acids is 1. The Bertz CT molecular complexity index is 911. The van der Waals surface area contributed by atoms with Crippen LogP contribution in [0, 0.1) is 5.92 Å². The molecular formula is C21H28N2O5S. The lowest BCUT2D eigenvalue weighted by Gasteiger charge is -2.24. The minimum Gasteiger partial charge on any atom is -0.497 e. The molecule has 0 saturated carbocycles. The van der Waals surface area contributed by atoms with E-state index in [4.69, 9.17) is 8.92 Å². The van der Waals surface area contributed by atoms with E-state index in [0.29, 0.717) is 30.4 Å². The van der Waals surface area contributed by atoms with Gasteiger partial charge in [-0.1, -0.05) is 32.0 Å². The molecular weight excluding hydrogens is 392 g/mol. The fourth-order valence-electron chi connectivity index (χ4n) is 2.62. The Balaban J connectivity index is 2.11. The van der Waals surface area contributed by atoms with Crippen molar-refractivity contribution in [3.63, 3.8) is 0 Å². The normalized spacial score (nSPS) is 11.2. The molecule has 0 spiro atoms. The van der Waals surface area contributed by atoms with Crippen LogP contribution < -0.4 is 14.2 Å². The third-order valence-electron chi connectivity index (χ3n) is 4.13. The molecule has 0 atom stereocenters. The van der Waals surface area contributed by atoms with Gasteiger partial charge < -0.3 is 19.1 Å². The molecule has 0 aromatic heterocycles. The summed E-state index contributed by atoms with van der Waals surface area (Å²) in [7, 11) is -1.99. The highest BCUT2D eigenvalue weighted by atomic mass is 32.2. The van der Waals surface area contributed by atoms with Crippen LogP contribution in [0.5, 0.6) is 11.5 Å². The monoisotopic (exact) mass is 420 g/mol. The molecule has 0 unspecified atom stereocenters. The van der Waals surface area contributed by atoms with E-state index < -0.39 is 10.1 Å². The molecule has 2 aromatic carbocycles. The number of rotatable bonds is 9. The van der Waals surface area contributed by atoms with Crippen molar-refractivity contribution < 1.29 is 22.1 Å². The summed E-state index contributed by atoms with van der Waals surface area (Å²) >= 11 is 0. The molecule has 0 heterocycles. The summed E-state index contributed by atoms with van der Waals surface area (Å²) in [6, 6.07) is 13.6. The Morgan fingerprint density at radius 3 is 2.38 bits per heavy atom. The number of benzene rings is 2. The van der Waals surface area contributed by atoms with Crippen LogP contribution in [0.3, 0.4) is 0 Å². The van der Waals surface area contributed by atoms with Crippen LogP contribution >= 0.6 is 0 Å². The molecule has 0 aliphatic rings. The number of hydrogen-bond donors (Lipinski definition) is 1. The summed E-state index contributed by atoms with van der Waals surface area (Å²) in [4.78, 5) is 14.6. The molecule has 29 heavy (non-hydrogen) atoms. The summed E-state index contributed by atoms with van der Waals surface area (Å²) in [6.07, 6.45) is 1.86. The first kappa shape index (κ1) is 22.5. The highest BCUT2D eigenvalue weighted by molar-refractivity contribution is 7.86. The molecule has 2 aromatic rings. The number of urea groups is 1. The standard InChI is InChI=1S/C21H28N2O5S/c1-16(2)12-13-23(21(24)22-18-6-5-7-20(14-18)27-3)15-17-8-10-19(11-9-17)28-29(4,25)26/h5-11,14,16H,12-13,15H2,1-4H3,(H,22,24). The maximum atomic E-state index is 12.9. The lowest BCUT2D eigenvalue weighted by atomic mass is 10.1. The Kier molecular flexibility index (Phi) is 7.90. The molecule has 2 rings (SSSR count). The molecule has 0 bridgehead atoms. The lowest BCUT2D eigenvalue weighted by Crippen LogP contribution is -2.35. The molecule has 0 fully saturated rings. The van der Waals surface area contributed by atoms with Crippen molar-refractivity contribution in [3.05, 3.63) is 54.1 Å². The maximum absolute atomic E-state index is 12.9. The zero-order valence-electron chi connectivity index (χ0n) is 17.2. The van der Waals surface area contributed by atoms with Crippen molar-refractivity contribution >= 4 is 21.8 Å². The second-order valence-electron chi connectivity index (χ2n) is 7.20. The van der Waals surface area contributed by atoms with E-state index in [9.17, 15) is 13.2 Å². The van der Waals surface area contributed by atoms with Crippen LogP contribution in [-0.2, 0) is 16.7 Å². The van der Waals surface area contributed by atoms with E-state index in [-0.39, 0.29) is 11.8 Å². The van der Waals surface area contributed by atoms with E-state index in [0.717, 1.165) is 18.2 Å². The minimum atomic E-state index is -3.57. The summed E-state index contributed by atoms with van der Waals surface area (Å²) in [6.45, 7) is 5.20. The largest absolute Gasteiger partial charge is 0.497 e.